The molecule has 0 bridgehead atoms. The molecule has 0 saturated carbocycles. The molecule has 1 atom stereocenters. The Hall–Kier alpha value is -2.84. The van der Waals surface area contributed by atoms with Crippen LogP contribution in [0.3, 0.4) is 0 Å². The van der Waals surface area contributed by atoms with Crippen LogP contribution in [0, 0.1) is 0 Å². The Kier molecular flexibility index (Phi) is 3.30. The summed E-state index contributed by atoms with van der Waals surface area (Å²) in [5.74, 6) is 0.340. The molecule has 2 aromatic heterocycles. The summed E-state index contributed by atoms with van der Waals surface area (Å²) < 4.78 is 0. The smallest absolute Gasteiger partial charge is 0.407 e. The summed E-state index contributed by atoms with van der Waals surface area (Å²) in [4.78, 5) is 35.2. The molecule has 0 aliphatic carbocycles. The van der Waals surface area contributed by atoms with Crippen molar-refractivity contribution in [3.8, 4) is 0 Å². The number of urea groups is 1. The minimum atomic E-state index is -0.969. The van der Waals surface area contributed by atoms with Crippen molar-refractivity contribution in [2.45, 2.75) is 12.5 Å². The van der Waals surface area contributed by atoms with Crippen molar-refractivity contribution >= 4 is 29.1 Å². The lowest BCUT2D eigenvalue weighted by Crippen LogP contribution is -2.40. The second-order valence-electron chi connectivity index (χ2n) is 4.78. The van der Waals surface area contributed by atoms with E-state index in [0.29, 0.717) is 36.5 Å². The van der Waals surface area contributed by atoms with Crippen LogP contribution in [0.25, 0.3) is 11.2 Å². The number of hydrogen-bond acceptors (Lipinski definition) is 4. The SMILES string of the molecule is O=C(Nc1cnc2[nH]ccc2n1)N[C@@H]1CCN(C(=O)O)C1. The van der Waals surface area contributed by atoms with Crippen LogP contribution in [0.4, 0.5) is 15.4 Å². The van der Waals surface area contributed by atoms with Gasteiger partial charge in [0, 0.05) is 25.3 Å². The van der Waals surface area contributed by atoms with Crippen molar-refractivity contribution in [1.29, 1.82) is 0 Å². The quantitative estimate of drug-likeness (QED) is 0.652. The van der Waals surface area contributed by atoms with E-state index in [4.69, 9.17) is 5.11 Å². The Bertz CT molecular complexity index is 684. The van der Waals surface area contributed by atoms with E-state index in [0.717, 1.165) is 0 Å². The Morgan fingerprint density at radius 1 is 1.48 bits per heavy atom. The summed E-state index contributed by atoms with van der Waals surface area (Å²) in [5, 5.41) is 14.2. The molecule has 0 spiro atoms. The van der Waals surface area contributed by atoms with E-state index in [1.807, 2.05) is 0 Å². The average Bonchev–Trinajstić information content (AvgIpc) is 3.06. The fourth-order valence-corrected chi connectivity index (χ4v) is 2.28. The number of hydrogen-bond donors (Lipinski definition) is 4. The van der Waals surface area contributed by atoms with Gasteiger partial charge < -0.3 is 20.3 Å². The van der Waals surface area contributed by atoms with Gasteiger partial charge in [0.25, 0.3) is 0 Å². The lowest BCUT2D eigenvalue weighted by Gasteiger charge is -2.14. The maximum absolute atomic E-state index is 11.9. The van der Waals surface area contributed by atoms with Crippen LogP contribution >= 0.6 is 0 Å². The molecule has 21 heavy (non-hydrogen) atoms. The number of H-pyrrole nitrogens is 1. The zero-order valence-electron chi connectivity index (χ0n) is 11.0. The van der Waals surface area contributed by atoms with Gasteiger partial charge in [-0.25, -0.2) is 19.6 Å². The molecule has 0 radical (unpaired) electrons. The minimum Gasteiger partial charge on any atom is -0.465 e. The van der Waals surface area contributed by atoms with Gasteiger partial charge in [-0.15, -0.1) is 0 Å². The molecule has 0 aromatic carbocycles. The van der Waals surface area contributed by atoms with Crippen molar-refractivity contribution in [2.24, 2.45) is 0 Å². The van der Waals surface area contributed by atoms with Crippen molar-refractivity contribution in [3.63, 3.8) is 0 Å². The number of nitrogens with zero attached hydrogens (tertiary/aromatic N) is 3. The lowest BCUT2D eigenvalue weighted by molar-refractivity contribution is 0.154. The summed E-state index contributed by atoms with van der Waals surface area (Å²) in [7, 11) is 0. The second kappa shape index (κ2) is 5.27. The summed E-state index contributed by atoms with van der Waals surface area (Å²) >= 11 is 0. The van der Waals surface area contributed by atoms with Gasteiger partial charge in [-0.2, -0.15) is 0 Å². The van der Waals surface area contributed by atoms with Gasteiger partial charge in [-0.3, -0.25) is 5.32 Å². The molecule has 4 N–H and O–H groups in total. The van der Waals surface area contributed by atoms with Crippen LogP contribution < -0.4 is 10.6 Å². The molecule has 3 heterocycles. The first-order chi connectivity index (χ1) is 10.1. The van der Waals surface area contributed by atoms with E-state index in [2.05, 4.69) is 25.6 Å². The Morgan fingerprint density at radius 3 is 3.10 bits per heavy atom. The van der Waals surface area contributed by atoms with Crippen molar-refractivity contribution in [3.05, 3.63) is 18.5 Å². The minimum absolute atomic E-state index is 0.190. The molecule has 9 heteroatoms. The molecule has 1 saturated heterocycles. The number of fused-ring (bicyclic) bond motifs is 1. The third-order valence-electron chi connectivity index (χ3n) is 3.30. The predicted octanol–water partition coefficient (Wildman–Crippen LogP) is 0.832. The Labute approximate surface area is 119 Å². The maximum atomic E-state index is 11.9. The molecule has 110 valence electrons. The number of carbonyl (C=O) groups is 2. The maximum Gasteiger partial charge on any atom is 0.407 e. The second-order valence-corrected chi connectivity index (χ2v) is 4.78. The van der Waals surface area contributed by atoms with Gasteiger partial charge >= 0.3 is 12.1 Å². The zero-order valence-corrected chi connectivity index (χ0v) is 11.0. The highest BCUT2D eigenvalue weighted by molar-refractivity contribution is 5.89. The number of carboxylic acid groups (broad SMARTS) is 1. The van der Waals surface area contributed by atoms with Gasteiger partial charge in [0.15, 0.2) is 11.5 Å². The molecule has 1 aliphatic heterocycles. The number of amides is 3. The third kappa shape index (κ3) is 2.86. The number of aromatic amines is 1. The van der Waals surface area contributed by atoms with Gasteiger partial charge in [0.2, 0.25) is 0 Å². The van der Waals surface area contributed by atoms with E-state index >= 15 is 0 Å². The number of aromatic nitrogens is 3. The van der Waals surface area contributed by atoms with Crippen LogP contribution in [-0.2, 0) is 0 Å². The largest absolute Gasteiger partial charge is 0.465 e. The van der Waals surface area contributed by atoms with Crippen LogP contribution in [0.1, 0.15) is 6.42 Å². The van der Waals surface area contributed by atoms with E-state index in [1.165, 1.54) is 11.1 Å². The molecular weight excluding hydrogens is 276 g/mol. The summed E-state index contributed by atoms with van der Waals surface area (Å²) in [6.07, 6.45) is 2.80. The molecule has 1 aliphatic rings. The molecule has 1 fully saturated rings. The van der Waals surface area contributed by atoms with E-state index in [-0.39, 0.29) is 6.04 Å². The fourth-order valence-electron chi connectivity index (χ4n) is 2.28. The Morgan fingerprint density at radius 2 is 2.33 bits per heavy atom. The summed E-state index contributed by atoms with van der Waals surface area (Å²) in [6.45, 7) is 0.723. The third-order valence-corrected chi connectivity index (χ3v) is 3.30. The number of likely N-dealkylation sites (tertiary alicyclic amines) is 1. The van der Waals surface area contributed by atoms with Gasteiger partial charge in [-0.1, -0.05) is 0 Å². The molecule has 2 aromatic rings. The first-order valence-corrected chi connectivity index (χ1v) is 6.47. The average molecular weight is 290 g/mol. The normalized spacial score (nSPS) is 17.9. The Balaban J connectivity index is 1.58. The van der Waals surface area contributed by atoms with E-state index < -0.39 is 12.1 Å². The van der Waals surface area contributed by atoms with Crippen LogP contribution in [0.15, 0.2) is 18.5 Å². The fraction of sp³-hybridized carbons (Fsp3) is 0.333. The van der Waals surface area contributed by atoms with Crippen LogP contribution in [0.2, 0.25) is 0 Å². The van der Waals surface area contributed by atoms with Gasteiger partial charge in [0.1, 0.15) is 5.52 Å². The van der Waals surface area contributed by atoms with Gasteiger partial charge in [-0.05, 0) is 12.5 Å². The monoisotopic (exact) mass is 290 g/mol. The predicted molar refractivity (Wildman–Crippen MR) is 74.0 cm³/mol. The highest BCUT2D eigenvalue weighted by Crippen LogP contribution is 2.11. The first kappa shape index (κ1) is 13.2. The topological polar surface area (TPSA) is 123 Å². The lowest BCUT2D eigenvalue weighted by atomic mass is 10.3. The molecule has 3 amide bonds. The highest BCUT2D eigenvalue weighted by Gasteiger charge is 2.26. The van der Waals surface area contributed by atoms with Crippen molar-refractivity contribution in [2.75, 3.05) is 18.4 Å². The van der Waals surface area contributed by atoms with Crippen LogP contribution in [-0.4, -0.2) is 56.2 Å². The molecule has 0 unspecified atom stereocenters. The molecule has 9 nitrogen and oxygen atoms in total. The number of rotatable bonds is 2. The standard InChI is InChI=1S/C12H14N6O3/c19-11(15-7-2-4-18(6-7)12(20)21)17-9-5-14-10-8(16-9)1-3-13-10/h1,3,5,7H,2,4,6H2,(H,13,14)(H,20,21)(H2,15,16,17,19)/t7-/m1/s1. The van der Waals surface area contributed by atoms with Crippen molar-refractivity contribution in [1.82, 2.24) is 25.2 Å². The van der Waals surface area contributed by atoms with Crippen molar-refractivity contribution < 1.29 is 14.7 Å². The number of anilines is 1. The van der Waals surface area contributed by atoms with Gasteiger partial charge in [0.05, 0.1) is 6.20 Å². The first-order valence-electron chi connectivity index (χ1n) is 6.47. The van der Waals surface area contributed by atoms with E-state index in [9.17, 15) is 9.59 Å². The zero-order chi connectivity index (χ0) is 14.8. The highest BCUT2D eigenvalue weighted by atomic mass is 16.4. The number of carbonyl (C=O) groups excluding carboxylic acids is 1. The summed E-state index contributed by atoms with van der Waals surface area (Å²) in [6, 6.07) is 1.15. The number of nitrogens with one attached hydrogen (secondary N) is 3. The molecule has 3 rings (SSSR count). The summed E-state index contributed by atoms with van der Waals surface area (Å²) in [5.41, 5.74) is 1.31. The van der Waals surface area contributed by atoms with Crippen LogP contribution in [0.5, 0.6) is 0 Å². The molecular formula is C12H14N6O3. The van der Waals surface area contributed by atoms with E-state index in [1.54, 1.807) is 12.3 Å².